The molecule has 8 nitrogen and oxygen atoms in total. The summed E-state index contributed by atoms with van der Waals surface area (Å²) in [4.78, 5) is 45.9. The molecule has 0 saturated carbocycles. The summed E-state index contributed by atoms with van der Waals surface area (Å²) in [6.45, 7) is 2.87. The molecule has 0 aliphatic rings. The van der Waals surface area contributed by atoms with Gasteiger partial charge in [-0.15, -0.1) is 0 Å². The van der Waals surface area contributed by atoms with E-state index in [1.54, 1.807) is 19.9 Å². The number of amides is 4. The van der Waals surface area contributed by atoms with Gasteiger partial charge in [0.15, 0.2) is 6.10 Å². The Morgan fingerprint density at radius 2 is 1.80 bits per heavy atom. The third kappa shape index (κ3) is 7.78. The van der Waals surface area contributed by atoms with Crippen molar-refractivity contribution >= 4 is 29.9 Å². The number of imide groups is 1. The monoisotopic (exact) mass is 347 g/mol. The van der Waals surface area contributed by atoms with Gasteiger partial charge in [-0.05, 0) is 17.6 Å². The van der Waals surface area contributed by atoms with Crippen molar-refractivity contribution in [2.24, 2.45) is 11.7 Å². The van der Waals surface area contributed by atoms with Crippen molar-refractivity contribution in [2.45, 2.75) is 20.0 Å². The number of benzene rings is 1. The first-order valence-electron chi connectivity index (χ1n) is 7.60. The molecular weight excluding hydrogens is 326 g/mol. The molecule has 4 amide bonds. The Labute approximate surface area is 145 Å². The Morgan fingerprint density at radius 1 is 1.16 bits per heavy atom. The van der Waals surface area contributed by atoms with Crippen LogP contribution < -0.4 is 16.4 Å². The number of carbonyl (C=O) groups excluding carboxylic acids is 4. The van der Waals surface area contributed by atoms with Gasteiger partial charge in [-0.2, -0.15) is 0 Å². The van der Waals surface area contributed by atoms with Gasteiger partial charge in [0, 0.05) is 6.08 Å². The Morgan fingerprint density at radius 3 is 2.36 bits per heavy atom. The molecule has 0 radical (unpaired) electrons. The molecule has 0 aliphatic heterocycles. The van der Waals surface area contributed by atoms with Crippen molar-refractivity contribution in [3.05, 3.63) is 42.0 Å². The Hall–Kier alpha value is -3.16. The van der Waals surface area contributed by atoms with Crippen molar-refractivity contribution in [3.63, 3.8) is 0 Å². The number of esters is 1. The molecule has 4 N–H and O–H groups in total. The predicted octanol–water partition coefficient (Wildman–Crippen LogP) is 0.579. The summed E-state index contributed by atoms with van der Waals surface area (Å²) in [5, 5.41) is 4.21. The largest absolute Gasteiger partial charge is 0.451 e. The van der Waals surface area contributed by atoms with Crippen molar-refractivity contribution in [1.29, 1.82) is 0 Å². The lowest BCUT2D eigenvalue weighted by atomic mass is 10.1. The molecular formula is C17H21N3O5. The highest BCUT2D eigenvalue weighted by Crippen LogP contribution is 2.07. The number of ether oxygens (including phenoxy) is 1. The maximum Gasteiger partial charge on any atom is 0.326 e. The maximum absolute atomic E-state index is 11.8. The summed E-state index contributed by atoms with van der Waals surface area (Å²) in [6.07, 6.45) is 1.69. The van der Waals surface area contributed by atoms with E-state index in [1.807, 2.05) is 35.6 Å². The smallest absolute Gasteiger partial charge is 0.326 e. The minimum Gasteiger partial charge on any atom is -0.451 e. The number of urea groups is 1. The predicted molar refractivity (Wildman–Crippen MR) is 90.9 cm³/mol. The minimum absolute atomic E-state index is 0.378. The van der Waals surface area contributed by atoms with Crippen molar-refractivity contribution < 1.29 is 23.9 Å². The molecule has 0 aromatic heterocycles. The fourth-order valence-corrected chi connectivity index (χ4v) is 1.82. The maximum atomic E-state index is 11.8. The quantitative estimate of drug-likeness (QED) is 0.491. The first-order chi connectivity index (χ1) is 11.8. The Balaban J connectivity index is 2.49. The number of nitrogens with two attached hydrogens (primary N) is 1. The molecule has 0 heterocycles. The highest BCUT2D eigenvalue weighted by molar-refractivity contribution is 5.97. The van der Waals surface area contributed by atoms with E-state index in [1.165, 1.54) is 6.08 Å². The van der Waals surface area contributed by atoms with E-state index in [2.05, 4.69) is 5.32 Å². The van der Waals surface area contributed by atoms with Crippen molar-refractivity contribution in [3.8, 4) is 0 Å². The number of nitrogens with one attached hydrogen (secondary N) is 2. The van der Waals surface area contributed by atoms with Crippen LogP contribution in [0.15, 0.2) is 36.4 Å². The minimum atomic E-state index is -1.18. The summed E-state index contributed by atoms with van der Waals surface area (Å²) in [5.41, 5.74) is 5.70. The zero-order valence-electron chi connectivity index (χ0n) is 14.0. The second-order valence-electron chi connectivity index (χ2n) is 5.47. The second kappa shape index (κ2) is 9.86. The van der Waals surface area contributed by atoms with Crippen LogP contribution in [0.3, 0.4) is 0 Å². The molecule has 0 fully saturated rings. The van der Waals surface area contributed by atoms with Crippen LogP contribution in [0.4, 0.5) is 4.79 Å². The SMILES string of the molecule is CC(C)[C@@H](OC(=O)CNC(=O)/C=C/c1ccccc1)C(=O)NC(N)=O. The average Bonchev–Trinajstić information content (AvgIpc) is 2.55. The van der Waals surface area contributed by atoms with Gasteiger partial charge >= 0.3 is 12.0 Å². The molecule has 0 spiro atoms. The molecule has 0 bridgehead atoms. The number of hydrogen-bond acceptors (Lipinski definition) is 5. The molecule has 0 saturated heterocycles. The normalized spacial score (nSPS) is 11.8. The van der Waals surface area contributed by atoms with Gasteiger partial charge in [-0.25, -0.2) is 4.79 Å². The molecule has 1 aromatic carbocycles. The van der Waals surface area contributed by atoms with Gasteiger partial charge in [0.05, 0.1) is 0 Å². The van der Waals surface area contributed by atoms with E-state index < -0.39 is 36.5 Å². The number of carbonyl (C=O) groups is 4. The number of primary amides is 1. The molecule has 134 valence electrons. The van der Waals surface area contributed by atoms with Crippen molar-refractivity contribution in [2.75, 3.05) is 6.54 Å². The van der Waals surface area contributed by atoms with Crippen LogP contribution in [-0.2, 0) is 19.1 Å². The lowest BCUT2D eigenvalue weighted by Crippen LogP contribution is -2.46. The summed E-state index contributed by atoms with van der Waals surface area (Å²) < 4.78 is 4.99. The van der Waals surface area contributed by atoms with E-state index >= 15 is 0 Å². The lowest BCUT2D eigenvalue weighted by Gasteiger charge is -2.19. The first-order valence-corrected chi connectivity index (χ1v) is 7.60. The van der Waals surface area contributed by atoms with Crippen LogP contribution in [0.2, 0.25) is 0 Å². The van der Waals surface area contributed by atoms with Crippen LogP contribution in [-0.4, -0.2) is 36.5 Å². The first kappa shape index (κ1) is 19.9. The molecule has 0 unspecified atom stereocenters. The molecule has 8 heteroatoms. The summed E-state index contributed by atoms with van der Waals surface area (Å²) in [5.74, 6) is -2.48. The summed E-state index contributed by atoms with van der Waals surface area (Å²) >= 11 is 0. The second-order valence-corrected chi connectivity index (χ2v) is 5.47. The van der Waals surface area contributed by atoms with Gasteiger partial charge in [-0.1, -0.05) is 44.2 Å². The standard InChI is InChI=1S/C17H21N3O5/c1-11(2)15(16(23)20-17(18)24)25-14(22)10-19-13(21)9-8-12-6-4-3-5-7-12/h3-9,11,15H,10H2,1-2H3,(H,19,21)(H3,18,20,23,24)/b9-8+/t15-/m1/s1. The van der Waals surface area contributed by atoms with Crippen LogP contribution in [0.5, 0.6) is 0 Å². The zero-order chi connectivity index (χ0) is 18.8. The third-order valence-electron chi connectivity index (χ3n) is 3.00. The van der Waals surface area contributed by atoms with Crippen LogP contribution in [0.1, 0.15) is 19.4 Å². The van der Waals surface area contributed by atoms with Crippen LogP contribution in [0.25, 0.3) is 6.08 Å². The average molecular weight is 347 g/mol. The van der Waals surface area contributed by atoms with E-state index in [4.69, 9.17) is 10.5 Å². The van der Waals surface area contributed by atoms with Crippen LogP contribution in [0, 0.1) is 5.92 Å². The zero-order valence-corrected chi connectivity index (χ0v) is 14.0. The van der Waals surface area contributed by atoms with E-state index in [9.17, 15) is 19.2 Å². The van der Waals surface area contributed by atoms with E-state index in [-0.39, 0.29) is 5.92 Å². The third-order valence-corrected chi connectivity index (χ3v) is 3.00. The highest BCUT2D eigenvalue weighted by Gasteiger charge is 2.27. The van der Waals surface area contributed by atoms with Gasteiger partial charge < -0.3 is 15.8 Å². The molecule has 25 heavy (non-hydrogen) atoms. The molecule has 1 rings (SSSR count). The van der Waals surface area contributed by atoms with Crippen molar-refractivity contribution in [1.82, 2.24) is 10.6 Å². The van der Waals surface area contributed by atoms with Gasteiger partial charge in [0.25, 0.3) is 5.91 Å². The van der Waals surface area contributed by atoms with Gasteiger partial charge in [-0.3, -0.25) is 19.7 Å². The number of hydrogen-bond donors (Lipinski definition) is 3. The van der Waals surface area contributed by atoms with Gasteiger partial charge in [0.1, 0.15) is 6.54 Å². The van der Waals surface area contributed by atoms with E-state index in [0.29, 0.717) is 0 Å². The van der Waals surface area contributed by atoms with Crippen LogP contribution >= 0.6 is 0 Å². The molecule has 0 aliphatic carbocycles. The number of rotatable bonds is 7. The fourth-order valence-electron chi connectivity index (χ4n) is 1.82. The highest BCUT2D eigenvalue weighted by atomic mass is 16.5. The fraction of sp³-hybridized carbons (Fsp3) is 0.294. The summed E-state index contributed by atoms with van der Waals surface area (Å²) in [7, 11) is 0. The molecule has 1 atom stereocenters. The van der Waals surface area contributed by atoms with E-state index in [0.717, 1.165) is 5.56 Å². The molecule has 1 aromatic rings. The lowest BCUT2D eigenvalue weighted by molar-refractivity contribution is -0.157. The Kier molecular flexibility index (Phi) is 7.85. The Bertz CT molecular complexity index is 656. The summed E-state index contributed by atoms with van der Waals surface area (Å²) in [6, 6.07) is 8.13. The van der Waals surface area contributed by atoms with Gasteiger partial charge in [0.2, 0.25) is 5.91 Å². The topological polar surface area (TPSA) is 128 Å².